The normalized spacial score (nSPS) is 14.6. The lowest BCUT2D eigenvalue weighted by atomic mass is 9.99. The second kappa shape index (κ2) is 8.08. The lowest BCUT2D eigenvalue weighted by molar-refractivity contribution is -0.385. The summed E-state index contributed by atoms with van der Waals surface area (Å²) in [6, 6.07) is 10.8. The molecule has 1 amide bonds. The molecule has 3 rings (SSSR count). The van der Waals surface area contributed by atoms with E-state index in [1.165, 1.54) is 39.2 Å². The Morgan fingerprint density at radius 3 is 2.40 bits per heavy atom. The van der Waals surface area contributed by atoms with Crippen LogP contribution in [-0.2, 0) is 9.53 Å². The van der Waals surface area contributed by atoms with E-state index in [-0.39, 0.29) is 34.1 Å². The van der Waals surface area contributed by atoms with Gasteiger partial charge >= 0.3 is 5.97 Å². The minimum atomic E-state index is -0.776. The zero-order valence-electron chi connectivity index (χ0n) is 16.4. The van der Waals surface area contributed by atoms with E-state index in [1.54, 1.807) is 24.3 Å². The minimum absolute atomic E-state index is 0.0595. The molecule has 2 aromatic rings. The SMILES string of the molecule is COC(=O)/C(C1=NC(=NC(=O)c2ccc([N+](=O)[O-])c(C)c2)c2ccccc21)=C(/C)O. The Morgan fingerprint density at radius 2 is 1.83 bits per heavy atom. The number of carbonyl (C=O) groups excluding carboxylic acids is 2. The van der Waals surface area contributed by atoms with Gasteiger partial charge in [-0.2, -0.15) is 4.99 Å². The standard InChI is InChI=1S/C21H17N3O6/c1-11-10-13(8-9-16(11)24(28)29)20(26)23-19-15-7-5-4-6-14(15)18(22-19)17(12(2)25)21(27)30-3/h4-10,25H,1-3H3/b17-12-,23-19?. The molecule has 0 fully saturated rings. The molecule has 0 bridgehead atoms. The number of amides is 1. The minimum Gasteiger partial charge on any atom is -0.512 e. The van der Waals surface area contributed by atoms with Gasteiger partial charge < -0.3 is 9.84 Å². The molecule has 0 atom stereocenters. The fourth-order valence-corrected chi connectivity index (χ4v) is 3.06. The Kier molecular flexibility index (Phi) is 5.54. The number of benzene rings is 2. The van der Waals surface area contributed by atoms with Crippen molar-refractivity contribution in [3.05, 3.63) is 86.2 Å². The topological polar surface area (TPSA) is 131 Å². The number of carbonyl (C=O) groups is 2. The highest BCUT2D eigenvalue weighted by Crippen LogP contribution is 2.26. The Hall–Kier alpha value is -4.14. The maximum Gasteiger partial charge on any atom is 0.343 e. The van der Waals surface area contributed by atoms with E-state index in [1.807, 2.05) is 0 Å². The van der Waals surface area contributed by atoms with Crippen LogP contribution in [0.4, 0.5) is 5.69 Å². The molecule has 1 aliphatic rings. The molecular weight excluding hydrogens is 390 g/mol. The molecule has 2 aromatic carbocycles. The summed E-state index contributed by atoms with van der Waals surface area (Å²) in [6.45, 7) is 2.86. The van der Waals surface area contributed by atoms with Crippen molar-refractivity contribution in [2.24, 2.45) is 9.98 Å². The number of esters is 1. The lowest BCUT2D eigenvalue weighted by Crippen LogP contribution is -2.16. The summed E-state index contributed by atoms with van der Waals surface area (Å²) in [5.74, 6) is -1.65. The third-order valence-corrected chi connectivity index (χ3v) is 4.48. The quantitative estimate of drug-likeness (QED) is 0.272. The van der Waals surface area contributed by atoms with Crippen LogP contribution in [0.2, 0.25) is 0 Å². The second-order valence-corrected chi connectivity index (χ2v) is 6.46. The van der Waals surface area contributed by atoms with Crippen molar-refractivity contribution < 1.29 is 24.4 Å². The van der Waals surface area contributed by atoms with E-state index in [9.17, 15) is 24.8 Å². The molecule has 0 unspecified atom stereocenters. The largest absolute Gasteiger partial charge is 0.512 e. The first-order valence-corrected chi connectivity index (χ1v) is 8.79. The van der Waals surface area contributed by atoms with Crippen LogP contribution in [-0.4, -0.2) is 40.6 Å². The highest BCUT2D eigenvalue weighted by molar-refractivity contribution is 6.36. The summed E-state index contributed by atoms with van der Waals surface area (Å²) in [4.78, 5) is 43.6. The van der Waals surface area contributed by atoms with Crippen molar-refractivity contribution in [2.45, 2.75) is 13.8 Å². The van der Waals surface area contributed by atoms with E-state index >= 15 is 0 Å². The molecule has 0 saturated heterocycles. The van der Waals surface area contributed by atoms with Gasteiger partial charge in [0, 0.05) is 28.3 Å². The van der Waals surface area contributed by atoms with Gasteiger partial charge in [0.1, 0.15) is 11.3 Å². The van der Waals surface area contributed by atoms with E-state index in [0.29, 0.717) is 16.7 Å². The lowest BCUT2D eigenvalue weighted by Gasteiger charge is -2.07. The van der Waals surface area contributed by atoms with Crippen LogP contribution in [0.1, 0.15) is 34.0 Å². The molecule has 0 spiro atoms. The number of nitro groups is 1. The third-order valence-electron chi connectivity index (χ3n) is 4.48. The van der Waals surface area contributed by atoms with Crippen molar-refractivity contribution in [1.82, 2.24) is 0 Å². The van der Waals surface area contributed by atoms with E-state index in [0.717, 1.165) is 0 Å². The molecule has 9 heteroatoms. The van der Waals surface area contributed by atoms with Gasteiger partial charge in [-0.15, -0.1) is 0 Å². The molecule has 0 aromatic heterocycles. The number of ether oxygens (including phenoxy) is 1. The van der Waals surface area contributed by atoms with Gasteiger partial charge in [-0.3, -0.25) is 14.9 Å². The molecule has 0 radical (unpaired) electrons. The van der Waals surface area contributed by atoms with Crippen molar-refractivity contribution in [3.8, 4) is 0 Å². The van der Waals surface area contributed by atoms with Gasteiger partial charge in [-0.05, 0) is 26.0 Å². The van der Waals surface area contributed by atoms with Crippen LogP contribution in [0.5, 0.6) is 0 Å². The van der Waals surface area contributed by atoms with Crippen molar-refractivity contribution in [1.29, 1.82) is 0 Å². The van der Waals surface area contributed by atoms with Gasteiger partial charge in [0.15, 0.2) is 5.84 Å². The first-order chi connectivity index (χ1) is 14.2. The summed E-state index contributed by atoms with van der Waals surface area (Å²) < 4.78 is 4.73. The Balaban J connectivity index is 2.08. The van der Waals surface area contributed by atoms with Gasteiger partial charge in [-0.1, -0.05) is 24.3 Å². The van der Waals surface area contributed by atoms with Crippen LogP contribution in [0.15, 0.2) is 63.8 Å². The Bertz CT molecular complexity index is 1170. The number of amidine groups is 1. The molecular formula is C21H17N3O6. The van der Waals surface area contributed by atoms with Gasteiger partial charge in [0.25, 0.3) is 11.6 Å². The molecule has 1 aliphatic heterocycles. The van der Waals surface area contributed by atoms with Crippen LogP contribution in [0, 0.1) is 17.0 Å². The monoisotopic (exact) mass is 407 g/mol. The molecule has 152 valence electrons. The fraction of sp³-hybridized carbons (Fsp3) is 0.143. The predicted molar refractivity (Wildman–Crippen MR) is 109 cm³/mol. The second-order valence-electron chi connectivity index (χ2n) is 6.46. The number of hydrogen-bond acceptors (Lipinski definition) is 6. The highest BCUT2D eigenvalue weighted by Gasteiger charge is 2.30. The first-order valence-electron chi connectivity index (χ1n) is 8.79. The predicted octanol–water partition coefficient (Wildman–Crippen LogP) is 3.30. The summed E-state index contributed by atoms with van der Waals surface area (Å²) >= 11 is 0. The van der Waals surface area contributed by atoms with Crippen LogP contribution in [0.3, 0.4) is 0 Å². The van der Waals surface area contributed by atoms with Gasteiger partial charge in [0.05, 0.1) is 17.7 Å². The molecule has 1 heterocycles. The van der Waals surface area contributed by atoms with Gasteiger partial charge in [-0.25, -0.2) is 9.79 Å². The first kappa shape index (κ1) is 20.6. The molecule has 30 heavy (non-hydrogen) atoms. The Morgan fingerprint density at radius 1 is 1.17 bits per heavy atom. The molecule has 0 aliphatic carbocycles. The van der Waals surface area contributed by atoms with Crippen LogP contribution in [0.25, 0.3) is 0 Å². The smallest absolute Gasteiger partial charge is 0.343 e. The number of rotatable bonds is 4. The average molecular weight is 407 g/mol. The number of allylic oxidation sites excluding steroid dienone is 1. The molecule has 1 N–H and O–H groups in total. The zero-order chi connectivity index (χ0) is 22.0. The van der Waals surface area contributed by atoms with Crippen LogP contribution >= 0.6 is 0 Å². The number of aliphatic hydroxyl groups is 1. The van der Waals surface area contributed by atoms with E-state index in [4.69, 9.17) is 4.74 Å². The summed E-state index contributed by atoms with van der Waals surface area (Å²) in [5, 5.41) is 20.9. The van der Waals surface area contributed by atoms with E-state index in [2.05, 4.69) is 9.98 Å². The number of fused-ring (bicyclic) bond motifs is 1. The van der Waals surface area contributed by atoms with Crippen molar-refractivity contribution >= 4 is 29.1 Å². The highest BCUT2D eigenvalue weighted by atomic mass is 16.6. The summed E-state index contributed by atoms with van der Waals surface area (Å²) in [7, 11) is 1.18. The third kappa shape index (κ3) is 3.72. The van der Waals surface area contributed by atoms with Crippen molar-refractivity contribution in [2.75, 3.05) is 7.11 Å². The molecule has 9 nitrogen and oxygen atoms in total. The zero-order valence-corrected chi connectivity index (χ0v) is 16.4. The number of aryl methyl sites for hydroxylation is 1. The fourth-order valence-electron chi connectivity index (χ4n) is 3.06. The summed E-state index contributed by atoms with van der Waals surface area (Å²) in [6.07, 6.45) is 0. The van der Waals surface area contributed by atoms with Gasteiger partial charge in [0.2, 0.25) is 0 Å². The van der Waals surface area contributed by atoms with Crippen LogP contribution < -0.4 is 0 Å². The molecule has 0 saturated carbocycles. The maximum atomic E-state index is 12.7. The number of nitro benzene ring substituents is 1. The number of aliphatic imine (C=N–C) groups is 2. The van der Waals surface area contributed by atoms with E-state index < -0.39 is 16.8 Å². The number of aliphatic hydroxyl groups excluding tert-OH is 1. The number of nitrogens with zero attached hydrogens (tertiary/aromatic N) is 3. The number of hydrogen-bond donors (Lipinski definition) is 1. The Labute approximate surface area is 171 Å². The average Bonchev–Trinajstić information content (AvgIpc) is 3.05. The number of methoxy groups -OCH3 is 1. The summed E-state index contributed by atoms with van der Waals surface area (Å²) in [5.41, 5.74) is 1.41. The maximum absolute atomic E-state index is 12.7. The van der Waals surface area contributed by atoms with Crippen molar-refractivity contribution in [3.63, 3.8) is 0 Å².